The molecule has 0 saturated carbocycles. The van der Waals surface area contributed by atoms with Gasteiger partial charge < -0.3 is 25.8 Å². The molecule has 1 heterocycles. The molecule has 18 heavy (non-hydrogen) atoms. The minimum atomic E-state index is 0.293. The van der Waals surface area contributed by atoms with E-state index in [0.717, 1.165) is 30.0 Å². The molecule has 0 atom stereocenters. The van der Waals surface area contributed by atoms with Crippen molar-refractivity contribution in [3.8, 4) is 11.5 Å². The zero-order valence-electron chi connectivity index (χ0n) is 10.2. The van der Waals surface area contributed by atoms with Crippen LogP contribution < -0.4 is 25.8 Å². The average molecular weight is 247 g/mol. The van der Waals surface area contributed by atoms with E-state index in [1.54, 1.807) is 0 Å². The summed E-state index contributed by atoms with van der Waals surface area (Å²) in [4.78, 5) is 0. The standard InChI is InChI=1S/C13H17N3O2/c1-9(14)16-10(2)15-7-6-11-4-3-5-12-13(11)18-8-17-12/h3-5,15-16H,1-2,6-8,14H2. The maximum atomic E-state index is 5.43. The summed E-state index contributed by atoms with van der Waals surface area (Å²) in [5.74, 6) is 2.64. The summed E-state index contributed by atoms with van der Waals surface area (Å²) < 4.78 is 10.7. The number of nitrogens with one attached hydrogen (secondary N) is 2. The maximum Gasteiger partial charge on any atom is 0.231 e. The molecule has 0 spiro atoms. The first-order chi connectivity index (χ1) is 8.66. The van der Waals surface area contributed by atoms with Crippen LogP contribution in [-0.4, -0.2) is 13.3 Å². The molecule has 5 nitrogen and oxygen atoms in total. The Bertz CT molecular complexity index is 471. The van der Waals surface area contributed by atoms with Crippen LogP contribution in [0.15, 0.2) is 43.0 Å². The van der Waals surface area contributed by atoms with Gasteiger partial charge in [0.05, 0.1) is 11.6 Å². The molecule has 0 fully saturated rings. The number of hydrogen-bond acceptors (Lipinski definition) is 5. The lowest BCUT2D eigenvalue weighted by Gasteiger charge is -2.12. The van der Waals surface area contributed by atoms with Crippen LogP contribution in [0.25, 0.3) is 0 Å². The lowest BCUT2D eigenvalue weighted by atomic mass is 10.1. The summed E-state index contributed by atoms with van der Waals surface area (Å²) in [7, 11) is 0. The number of hydrogen-bond donors (Lipinski definition) is 3. The number of fused-ring (bicyclic) bond motifs is 1. The first-order valence-electron chi connectivity index (χ1n) is 5.68. The van der Waals surface area contributed by atoms with Crippen LogP contribution in [0.1, 0.15) is 5.56 Å². The highest BCUT2D eigenvalue weighted by Gasteiger charge is 2.16. The second kappa shape index (κ2) is 5.35. The van der Waals surface area contributed by atoms with Gasteiger partial charge in [0, 0.05) is 6.54 Å². The Morgan fingerprint density at radius 2 is 2.17 bits per heavy atom. The number of para-hydroxylation sites is 1. The molecule has 96 valence electrons. The third kappa shape index (κ3) is 2.88. The molecule has 1 aromatic rings. The van der Waals surface area contributed by atoms with Crippen LogP contribution in [0.5, 0.6) is 11.5 Å². The molecule has 1 aromatic carbocycles. The molecule has 4 N–H and O–H groups in total. The van der Waals surface area contributed by atoms with Gasteiger partial charge in [-0.3, -0.25) is 0 Å². The molecule has 0 aliphatic carbocycles. The first kappa shape index (κ1) is 12.2. The molecule has 0 radical (unpaired) electrons. The highest BCUT2D eigenvalue weighted by Crippen LogP contribution is 2.35. The molecule has 1 aliphatic rings. The van der Waals surface area contributed by atoms with Crippen LogP contribution in [0, 0.1) is 0 Å². The Morgan fingerprint density at radius 3 is 2.94 bits per heavy atom. The average Bonchev–Trinajstić information content (AvgIpc) is 2.76. The summed E-state index contributed by atoms with van der Waals surface area (Å²) in [6, 6.07) is 5.88. The van der Waals surface area contributed by atoms with Crippen molar-refractivity contribution in [2.75, 3.05) is 13.3 Å². The van der Waals surface area contributed by atoms with Crippen LogP contribution in [0.3, 0.4) is 0 Å². The fraction of sp³-hybridized carbons (Fsp3) is 0.231. The van der Waals surface area contributed by atoms with Crippen molar-refractivity contribution in [1.82, 2.24) is 10.6 Å². The highest BCUT2D eigenvalue weighted by atomic mass is 16.7. The van der Waals surface area contributed by atoms with Gasteiger partial charge in [-0.05, 0) is 18.1 Å². The van der Waals surface area contributed by atoms with Crippen molar-refractivity contribution in [3.63, 3.8) is 0 Å². The van der Waals surface area contributed by atoms with Crippen LogP contribution in [-0.2, 0) is 6.42 Å². The number of nitrogens with two attached hydrogens (primary N) is 1. The molecule has 0 unspecified atom stereocenters. The number of ether oxygens (including phenoxy) is 2. The van der Waals surface area contributed by atoms with Crippen LogP contribution >= 0.6 is 0 Å². The lowest BCUT2D eigenvalue weighted by Crippen LogP contribution is -2.29. The highest BCUT2D eigenvalue weighted by molar-refractivity contribution is 5.48. The Hall–Kier alpha value is -2.30. The second-order valence-electron chi connectivity index (χ2n) is 3.96. The Kier molecular flexibility index (Phi) is 3.62. The van der Waals surface area contributed by atoms with E-state index in [-0.39, 0.29) is 0 Å². The molecule has 0 amide bonds. The summed E-state index contributed by atoms with van der Waals surface area (Å²) >= 11 is 0. The van der Waals surface area contributed by atoms with E-state index in [1.807, 2.05) is 18.2 Å². The third-order valence-corrected chi connectivity index (χ3v) is 2.52. The van der Waals surface area contributed by atoms with Crippen molar-refractivity contribution < 1.29 is 9.47 Å². The molecule has 0 saturated heterocycles. The Balaban J connectivity index is 1.86. The quantitative estimate of drug-likeness (QED) is 0.700. The van der Waals surface area contributed by atoms with Crippen molar-refractivity contribution in [1.29, 1.82) is 0 Å². The van der Waals surface area contributed by atoms with Gasteiger partial charge in [-0.1, -0.05) is 25.3 Å². The van der Waals surface area contributed by atoms with Crippen LogP contribution in [0.4, 0.5) is 0 Å². The van der Waals surface area contributed by atoms with E-state index in [2.05, 4.69) is 23.8 Å². The van der Waals surface area contributed by atoms with Gasteiger partial charge in [-0.15, -0.1) is 0 Å². The first-order valence-corrected chi connectivity index (χ1v) is 5.68. The number of benzene rings is 1. The lowest BCUT2D eigenvalue weighted by molar-refractivity contribution is 0.173. The van der Waals surface area contributed by atoms with Crippen molar-refractivity contribution >= 4 is 0 Å². The molecule has 2 rings (SSSR count). The maximum absolute atomic E-state index is 5.43. The normalized spacial score (nSPS) is 12.0. The van der Waals surface area contributed by atoms with E-state index < -0.39 is 0 Å². The Morgan fingerprint density at radius 1 is 1.33 bits per heavy atom. The summed E-state index contributed by atoms with van der Waals surface area (Å²) in [6.07, 6.45) is 0.810. The van der Waals surface area contributed by atoms with Gasteiger partial charge in [0.25, 0.3) is 0 Å². The van der Waals surface area contributed by atoms with E-state index in [1.165, 1.54) is 0 Å². The fourth-order valence-corrected chi connectivity index (χ4v) is 1.77. The van der Waals surface area contributed by atoms with Gasteiger partial charge in [-0.25, -0.2) is 0 Å². The van der Waals surface area contributed by atoms with Gasteiger partial charge in [0.15, 0.2) is 11.5 Å². The van der Waals surface area contributed by atoms with E-state index >= 15 is 0 Å². The second-order valence-corrected chi connectivity index (χ2v) is 3.96. The molecular weight excluding hydrogens is 230 g/mol. The van der Waals surface area contributed by atoms with Gasteiger partial charge in [0.1, 0.15) is 0 Å². The predicted octanol–water partition coefficient (Wildman–Crippen LogP) is 1.04. The van der Waals surface area contributed by atoms with E-state index in [0.29, 0.717) is 18.4 Å². The largest absolute Gasteiger partial charge is 0.454 e. The molecular formula is C13H17N3O2. The van der Waals surface area contributed by atoms with Gasteiger partial charge >= 0.3 is 0 Å². The van der Waals surface area contributed by atoms with E-state index in [9.17, 15) is 0 Å². The zero-order chi connectivity index (χ0) is 13.0. The van der Waals surface area contributed by atoms with Gasteiger partial charge in [0.2, 0.25) is 6.79 Å². The number of rotatable bonds is 6. The third-order valence-electron chi connectivity index (χ3n) is 2.52. The van der Waals surface area contributed by atoms with Crippen molar-refractivity contribution in [2.45, 2.75) is 6.42 Å². The predicted molar refractivity (Wildman–Crippen MR) is 69.9 cm³/mol. The molecule has 5 heteroatoms. The van der Waals surface area contributed by atoms with Crippen LogP contribution in [0.2, 0.25) is 0 Å². The summed E-state index contributed by atoms with van der Waals surface area (Å²) in [5, 5.41) is 5.91. The topological polar surface area (TPSA) is 68.5 Å². The smallest absolute Gasteiger partial charge is 0.231 e. The minimum absolute atomic E-state index is 0.293. The molecule has 1 aliphatic heterocycles. The summed E-state index contributed by atoms with van der Waals surface area (Å²) in [6.45, 7) is 8.33. The van der Waals surface area contributed by atoms with Gasteiger partial charge in [-0.2, -0.15) is 0 Å². The SMILES string of the molecule is C=C(N)NC(=C)NCCc1cccc2c1OCO2. The van der Waals surface area contributed by atoms with Crippen molar-refractivity contribution in [2.24, 2.45) is 5.73 Å². The monoisotopic (exact) mass is 247 g/mol. The minimum Gasteiger partial charge on any atom is -0.454 e. The summed E-state index contributed by atoms with van der Waals surface area (Å²) in [5.41, 5.74) is 6.52. The van der Waals surface area contributed by atoms with E-state index in [4.69, 9.17) is 15.2 Å². The Labute approximate surface area is 106 Å². The van der Waals surface area contributed by atoms with Crippen molar-refractivity contribution in [3.05, 3.63) is 48.6 Å². The molecule has 0 bridgehead atoms. The zero-order valence-corrected chi connectivity index (χ0v) is 10.2. The fourth-order valence-electron chi connectivity index (χ4n) is 1.77. The molecule has 0 aromatic heterocycles.